The molecule has 0 aromatic heterocycles. The summed E-state index contributed by atoms with van der Waals surface area (Å²) in [6.07, 6.45) is 5.05. The average molecular weight is 515 g/mol. The van der Waals surface area contributed by atoms with Gasteiger partial charge in [0.15, 0.2) is 0 Å². The van der Waals surface area contributed by atoms with E-state index in [4.69, 9.17) is 0 Å². The van der Waals surface area contributed by atoms with Crippen LogP contribution in [0.15, 0.2) is 83.4 Å². The van der Waals surface area contributed by atoms with Gasteiger partial charge in [0.05, 0.1) is 24.3 Å². The Kier molecular flexibility index (Phi) is 5.14. The zero-order valence-corrected chi connectivity index (χ0v) is 19.9. The first-order valence-electron chi connectivity index (χ1n) is 11.6. The SMILES string of the molecule is O=C(CC(c1cccc(Br)c1)N1C(=O)C2C3C=CC(C3)C2C1=O)Nc1cccc2ccccc12. The van der Waals surface area contributed by atoms with Gasteiger partial charge in [-0.05, 0) is 47.4 Å². The first-order valence-corrected chi connectivity index (χ1v) is 12.4. The van der Waals surface area contributed by atoms with E-state index in [1.807, 2.05) is 66.7 Å². The number of nitrogens with one attached hydrogen (secondary N) is 1. The summed E-state index contributed by atoms with van der Waals surface area (Å²) in [5.41, 5.74) is 1.48. The van der Waals surface area contributed by atoms with Gasteiger partial charge >= 0.3 is 0 Å². The van der Waals surface area contributed by atoms with E-state index in [-0.39, 0.29) is 47.8 Å². The third-order valence-corrected chi connectivity index (χ3v) is 7.99. The molecule has 1 saturated heterocycles. The lowest BCUT2D eigenvalue weighted by atomic mass is 9.85. The highest BCUT2D eigenvalue weighted by atomic mass is 79.9. The Morgan fingerprint density at radius 1 is 0.941 bits per heavy atom. The Bertz CT molecular complexity index is 1330. The molecule has 1 saturated carbocycles. The van der Waals surface area contributed by atoms with Gasteiger partial charge in [0.1, 0.15) is 0 Å². The Labute approximate surface area is 206 Å². The molecule has 6 heteroatoms. The van der Waals surface area contributed by atoms with Crippen molar-refractivity contribution in [1.29, 1.82) is 0 Å². The number of carbonyl (C=O) groups is 3. The van der Waals surface area contributed by atoms with Crippen molar-refractivity contribution >= 4 is 50.1 Å². The fourth-order valence-electron chi connectivity index (χ4n) is 6.02. The van der Waals surface area contributed by atoms with Gasteiger partial charge in [-0.2, -0.15) is 0 Å². The van der Waals surface area contributed by atoms with Crippen molar-refractivity contribution in [1.82, 2.24) is 4.90 Å². The van der Waals surface area contributed by atoms with Crippen LogP contribution in [-0.4, -0.2) is 22.6 Å². The summed E-state index contributed by atoms with van der Waals surface area (Å²) in [6.45, 7) is 0. The van der Waals surface area contributed by atoms with Gasteiger partial charge < -0.3 is 5.32 Å². The number of hydrogen-bond acceptors (Lipinski definition) is 3. The van der Waals surface area contributed by atoms with E-state index in [9.17, 15) is 14.4 Å². The Morgan fingerprint density at radius 2 is 1.62 bits per heavy atom. The molecule has 2 bridgehead atoms. The second-order valence-electron chi connectivity index (χ2n) is 9.40. The van der Waals surface area contributed by atoms with Crippen molar-refractivity contribution in [3.8, 4) is 0 Å². The molecule has 1 aliphatic heterocycles. The van der Waals surface area contributed by atoms with Gasteiger partial charge in [-0.15, -0.1) is 0 Å². The molecule has 2 fully saturated rings. The predicted octanol–water partition coefficient (Wildman–Crippen LogP) is 5.48. The van der Waals surface area contributed by atoms with Crippen LogP contribution in [0.1, 0.15) is 24.4 Å². The summed E-state index contributed by atoms with van der Waals surface area (Å²) in [5.74, 6) is -0.852. The zero-order chi connectivity index (χ0) is 23.4. The standard InChI is InChI=1S/C28H23BrN2O3/c29-20-8-3-7-17(14-20)23(31-27(33)25-18-11-12-19(13-18)26(25)28(31)34)15-24(32)30-22-10-4-6-16-5-1-2-9-21(16)22/h1-12,14,18-19,23,25-26H,13,15H2,(H,30,32). The van der Waals surface area contributed by atoms with Crippen LogP contribution in [0.25, 0.3) is 10.8 Å². The van der Waals surface area contributed by atoms with E-state index in [1.54, 1.807) is 0 Å². The molecule has 5 atom stereocenters. The molecule has 0 radical (unpaired) electrons. The third-order valence-electron chi connectivity index (χ3n) is 7.49. The molecular weight excluding hydrogens is 492 g/mol. The van der Waals surface area contributed by atoms with Gasteiger partial charge in [0.25, 0.3) is 0 Å². The molecule has 6 rings (SSSR count). The van der Waals surface area contributed by atoms with Gasteiger partial charge in [-0.1, -0.05) is 76.6 Å². The highest BCUT2D eigenvalue weighted by Gasteiger charge is 2.60. The number of rotatable bonds is 5. The number of anilines is 1. The molecule has 3 aliphatic rings. The number of carbonyl (C=O) groups excluding carboxylic acids is 3. The summed E-state index contributed by atoms with van der Waals surface area (Å²) in [4.78, 5) is 41.7. The van der Waals surface area contributed by atoms with Crippen LogP contribution in [0.3, 0.4) is 0 Å². The lowest BCUT2D eigenvalue weighted by Gasteiger charge is -2.28. The fourth-order valence-corrected chi connectivity index (χ4v) is 6.43. The monoisotopic (exact) mass is 514 g/mol. The maximum absolute atomic E-state index is 13.5. The predicted molar refractivity (Wildman–Crippen MR) is 134 cm³/mol. The number of halogens is 1. The second kappa shape index (κ2) is 8.20. The first kappa shape index (κ1) is 21.3. The number of hydrogen-bond donors (Lipinski definition) is 1. The van der Waals surface area contributed by atoms with E-state index in [0.29, 0.717) is 5.69 Å². The van der Waals surface area contributed by atoms with Crippen LogP contribution in [0.5, 0.6) is 0 Å². The van der Waals surface area contributed by atoms with Crippen LogP contribution < -0.4 is 5.32 Å². The number of imide groups is 1. The summed E-state index contributed by atoms with van der Waals surface area (Å²) < 4.78 is 0.838. The van der Waals surface area contributed by atoms with Gasteiger partial charge in [-0.25, -0.2) is 0 Å². The normalized spacial score (nSPS) is 25.7. The van der Waals surface area contributed by atoms with Crippen molar-refractivity contribution in [2.75, 3.05) is 5.32 Å². The van der Waals surface area contributed by atoms with Crippen molar-refractivity contribution in [3.63, 3.8) is 0 Å². The van der Waals surface area contributed by atoms with Crippen molar-refractivity contribution < 1.29 is 14.4 Å². The number of amides is 3. The van der Waals surface area contributed by atoms with E-state index >= 15 is 0 Å². The number of fused-ring (bicyclic) bond motifs is 6. The molecule has 3 aromatic rings. The molecule has 2 aliphatic carbocycles. The van der Waals surface area contributed by atoms with Crippen molar-refractivity contribution in [3.05, 3.63) is 88.9 Å². The van der Waals surface area contributed by atoms with Crippen molar-refractivity contribution in [2.45, 2.75) is 18.9 Å². The van der Waals surface area contributed by atoms with E-state index in [0.717, 1.165) is 27.2 Å². The molecule has 170 valence electrons. The van der Waals surface area contributed by atoms with Gasteiger partial charge in [-0.3, -0.25) is 19.3 Å². The highest BCUT2D eigenvalue weighted by Crippen LogP contribution is 2.54. The molecule has 1 heterocycles. The second-order valence-corrected chi connectivity index (χ2v) is 10.3. The fraction of sp³-hybridized carbons (Fsp3) is 0.250. The van der Waals surface area contributed by atoms with Gasteiger partial charge in [0.2, 0.25) is 17.7 Å². The highest BCUT2D eigenvalue weighted by molar-refractivity contribution is 9.10. The Morgan fingerprint density at radius 3 is 2.35 bits per heavy atom. The Balaban J connectivity index is 1.32. The molecule has 3 amide bonds. The average Bonchev–Trinajstić information content (AvgIpc) is 3.52. The molecule has 3 aromatic carbocycles. The maximum atomic E-state index is 13.5. The van der Waals surface area contributed by atoms with Crippen LogP contribution >= 0.6 is 15.9 Å². The first-order chi connectivity index (χ1) is 16.5. The van der Waals surface area contributed by atoms with Crippen LogP contribution in [-0.2, 0) is 14.4 Å². The minimum Gasteiger partial charge on any atom is -0.325 e. The largest absolute Gasteiger partial charge is 0.325 e. The van der Waals surface area contributed by atoms with E-state index in [1.165, 1.54) is 4.90 Å². The van der Waals surface area contributed by atoms with Crippen LogP contribution in [0, 0.1) is 23.7 Å². The molecule has 34 heavy (non-hydrogen) atoms. The lowest BCUT2D eigenvalue weighted by Crippen LogP contribution is -2.38. The third kappa shape index (κ3) is 3.40. The molecule has 1 N–H and O–H groups in total. The summed E-state index contributed by atoms with van der Waals surface area (Å²) in [7, 11) is 0. The Hall–Kier alpha value is -3.25. The van der Waals surface area contributed by atoms with E-state index < -0.39 is 6.04 Å². The summed E-state index contributed by atoms with van der Waals surface area (Å²) >= 11 is 3.50. The number of allylic oxidation sites excluding steroid dienone is 2. The smallest absolute Gasteiger partial charge is 0.234 e. The molecular formula is C28H23BrN2O3. The molecule has 5 nitrogen and oxygen atoms in total. The molecule has 5 unspecified atom stereocenters. The van der Waals surface area contributed by atoms with Crippen molar-refractivity contribution in [2.24, 2.45) is 23.7 Å². The van der Waals surface area contributed by atoms with Crippen LogP contribution in [0.4, 0.5) is 5.69 Å². The number of benzene rings is 3. The maximum Gasteiger partial charge on any atom is 0.234 e. The quantitative estimate of drug-likeness (QED) is 0.362. The van der Waals surface area contributed by atoms with Crippen LogP contribution in [0.2, 0.25) is 0 Å². The lowest BCUT2D eigenvalue weighted by molar-refractivity contribution is -0.144. The topological polar surface area (TPSA) is 66.5 Å². The number of nitrogens with zero attached hydrogens (tertiary/aromatic N) is 1. The van der Waals surface area contributed by atoms with E-state index in [2.05, 4.69) is 33.4 Å². The zero-order valence-electron chi connectivity index (χ0n) is 18.4. The summed E-state index contributed by atoms with van der Waals surface area (Å²) in [5, 5.41) is 5.00. The minimum atomic E-state index is -0.655. The minimum absolute atomic E-state index is 0.000638. The number of likely N-dealkylation sites (tertiary alicyclic amines) is 1. The summed E-state index contributed by atoms with van der Waals surface area (Å²) in [6, 6.07) is 20.5. The van der Waals surface area contributed by atoms with Gasteiger partial charge in [0, 0.05) is 15.5 Å². The molecule has 0 spiro atoms.